The molecule has 6 nitrogen and oxygen atoms in total. The summed E-state index contributed by atoms with van der Waals surface area (Å²) in [5.74, 6) is 1.90. The number of nitrogens with zero attached hydrogens (tertiary/aromatic N) is 3. The number of alkyl halides is 1. The summed E-state index contributed by atoms with van der Waals surface area (Å²) in [5, 5.41) is 0. The van der Waals surface area contributed by atoms with E-state index in [1.165, 1.54) is 0 Å². The molecule has 1 aliphatic carbocycles. The smallest absolute Gasteiger partial charge is 0.132 e. The number of hydrogen-bond donors (Lipinski definition) is 2. The third kappa shape index (κ3) is 4.89. The average Bonchev–Trinajstić information content (AvgIpc) is 3.09. The maximum Gasteiger partial charge on any atom is 0.132 e. The van der Waals surface area contributed by atoms with Crippen molar-refractivity contribution in [3.05, 3.63) is 29.9 Å². The van der Waals surface area contributed by atoms with Crippen molar-refractivity contribution in [3.8, 4) is 0 Å². The highest BCUT2D eigenvalue weighted by Gasteiger charge is 2.44. The first kappa shape index (κ1) is 22.0. The van der Waals surface area contributed by atoms with E-state index in [1.54, 1.807) is 6.33 Å². The van der Waals surface area contributed by atoms with Gasteiger partial charge in [0.05, 0.1) is 29.8 Å². The molecule has 0 saturated carbocycles. The molecule has 162 valence electrons. The summed E-state index contributed by atoms with van der Waals surface area (Å²) in [4.78, 5) is 11.1. The Hall–Kier alpha value is -1.73. The van der Waals surface area contributed by atoms with Gasteiger partial charge in [-0.05, 0) is 53.0 Å². The molecule has 0 amide bonds. The number of ether oxygens (including phenoxy) is 1. The van der Waals surface area contributed by atoms with Gasteiger partial charge in [0.15, 0.2) is 0 Å². The number of hydrogen-bond acceptors (Lipinski definition) is 6. The van der Waals surface area contributed by atoms with E-state index in [0.717, 1.165) is 43.1 Å². The highest BCUT2D eigenvalue weighted by atomic mass is 19.1. The molecule has 2 aliphatic rings. The van der Waals surface area contributed by atoms with Gasteiger partial charge in [0.25, 0.3) is 0 Å². The lowest BCUT2D eigenvalue weighted by Gasteiger charge is -2.43. The van der Waals surface area contributed by atoms with Crippen LogP contribution in [0.25, 0.3) is 0 Å². The van der Waals surface area contributed by atoms with Gasteiger partial charge in [0.2, 0.25) is 0 Å². The van der Waals surface area contributed by atoms with Crippen LogP contribution in [-0.4, -0.2) is 41.4 Å². The molecule has 0 aromatic carbocycles. The molecular formula is C22H36FN5O. The van der Waals surface area contributed by atoms with Gasteiger partial charge >= 0.3 is 0 Å². The molecule has 1 aliphatic heterocycles. The lowest BCUT2D eigenvalue weighted by atomic mass is 9.69. The van der Waals surface area contributed by atoms with Crippen molar-refractivity contribution in [3.63, 3.8) is 0 Å². The Morgan fingerprint density at radius 1 is 1.38 bits per heavy atom. The van der Waals surface area contributed by atoms with E-state index in [-0.39, 0.29) is 24.6 Å². The van der Waals surface area contributed by atoms with Crippen molar-refractivity contribution >= 4 is 5.82 Å². The molecule has 0 spiro atoms. The van der Waals surface area contributed by atoms with Crippen molar-refractivity contribution in [1.29, 1.82) is 0 Å². The van der Waals surface area contributed by atoms with Gasteiger partial charge in [-0.1, -0.05) is 0 Å². The molecule has 1 aromatic heterocycles. The number of aromatic nitrogens is 2. The minimum Gasteiger partial charge on any atom is -0.496 e. The Morgan fingerprint density at radius 2 is 2.14 bits per heavy atom. The van der Waals surface area contributed by atoms with Gasteiger partial charge < -0.3 is 21.1 Å². The molecule has 1 saturated heterocycles. The Morgan fingerprint density at radius 3 is 2.79 bits per heavy atom. The Bertz CT molecular complexity index is 734. The van der Waals surface area contributed by atoms with Crippen LogP contribution >= 0.6 is 0 Å². The molecule has 0 bridgehead atoms. The van der Waals surface area contributed by atoms with Crippen molar-refractivity contribution in [2.45, 2.75) is 70.6 Å². The van der Waals surface area contributed by atoms with Crippen LogP contribution in [0.1, 0.15) is 59.1 Å². The minimum absolute atomic E-state index is 0.0134. The molecule has 2 heterocycles. The molecule has 4 unspecified atom stereocenters. The van der Waals surface area contributed by atoms with Crippen molar-refractivity contribution in [2.24, 2.45) is 23.3 Å². The lowest BCUT2D eigenvalue weighted by molar-refractivity contribution is 0.130. The zero-order valence-electron chi connectivity index (χ0n) is 18.2. The molecule has 1 aromatic rings. The van der Waals surface area contributed by atoms with Crippen LogP contribution in [0.3, 0.4) is 0 Å². The van der Waals surface area contributed by atoms with E-state index in [2.05, 4.69) is 27.9 Å². The SMILES string of the molecule is CC(C)OC1=CCC(C)(N)C(C(C)(N)c2cc(N3CCC(CF)C3)ncn2)CC1. The highest BCUT2D eigenvalue weighted by molar-refractivity contribution is 5.42. The Balaban J connectivity index is 1.82. The van der Waals surface area contributed by atoms with Crippen LogP contribution < -0.4 is 16.4 Å². The summed E-state index contributed by atoms with van der Waals surface area (Å²) >= 11 is 0. The van der Waals surface area contributed by atoms with Crippen LogP contribution in [-0.2, 0) is 10.3 Å². The second-order valence-electron chi connectivity index (χ2n) is 9.44. The van der Waals surface area contributed by atoms with Crippen molar-refractivity contribution < 1.29 is 9.13 Å². The van der Waals surface area contributed by atoms with Gasteiger partial charge in [-0.25, -0.2) is 9.97 Å². The number of allylic oxidation sites excluding steroid dienone is 1. The molecule has 1 fully saturated rings. The van der Waals surface area contributed by atoms with Crippen molar-refractivity contribution in [1.82, 2.24) is 9.97 Å². The van der Waals surface area contributed by atoms with Crippen LogP contribution in [0, 0.1) is 11.8 Å². The van der Waals surface area contributed by atoms with E-state index in [1.807, 2.05) is 26.8 Å². The predicted octanol–water partition coefficient (Wildman–Crippen LogP) is 3.27. The molecule has 29 heavy (non-hydrogen) atoms. The van der Waals surface area contributed by atoms with E-state index < -0.39 is 11.1 Å². The highest BCUT2D eigenvalue weighted by Crippen LogP contribution is 2.41. The lowest BCUT2D eigenvalue weighted by Crippen LogP contribution is -2.56. The fraction of sp³-hybridized carbons (Fsp3) is 0.727. The van der Waals surface area contributed by atoms with E-state index in [9.17, 15) is 4.39 Å². The minimum atomic E-state index is -0.721. The maximum atomic E-state index is 13.0. The summed E-state index contributed by atoms with van der Waals surface area (Å²) in [6.07, 6.45) is 7.01. The van der Waals surface area contributed by atoms with Gasteiger partial charge in [-0.3, -0.25) is 4.39 Å². The first-order valence-electron chi connectivity index (χ1n) is 10.7. The van der Waals surface area contributed by atoms with Gasteiger partial charge in [0.1, 0.15) is 12.1 Å². The fourth-order valence-electron chi connectivity index (χ4n) is 4.75. The summed E-state index contributed by atoms with van der Waals surface area (Å²) in [6.45, 7) is 9.35. The average molecular weight is 406 g/mol. The zero-order valence-corrected chi connectivity index (χ0v) is 18.2. The van der Waals surface area contributed by atoms with Gasteiger partial charge in [0, 0.05) is 43.0 Å². The van der Waals surface area contributed by atoms with Gasteiger partial charge in [-0.15, -0.1) is 0 Å². The first-order valence-corrected chi connectivity index (χ1v) is 10.7. The molecule has 4 N–H and O–H groups in total. The Kier molecular flexibility index (Phi) is 6.48. The van der Waals surface area contributed by atoms with Crippen LogP contribution in [0.5, 0.6) is 0 Å². The largest absolute Gasteiger partial charge is 0.496 e. The van der Waals surface area contributed by atoms with Crippen LogP contribution in [0.4, 0.5) is 10.2 Å². The third-order valence-electron chi connectivity index (χ3n) is 6.39. The zero-order chi connectivity index (χ0) is 21.2. The number of rotatable bonds is 6. The van der Waals surface area contributed by atoms with E-state index >= 15 is 0 Å². The molecule has 3 rings (SSSR count). The monoisotopic (exact) mass is 405 g/mol. The standard InChI is InChI=1S/C22H36FN5O/c1-15(2)29-17-5-6-18(21(3,24)9-7-17)22(4,25)19-11-20(27-14-26-19)28-10-8-16(12-23)13-28/h7,11,14-16,18H,5-6,8-10,12-13,24-25H2,1-4H3. The number of anilines is 1. The van der Waals surface area contributed by atoms with E-state index in [0.29, 0.717) is 13.0 Å². The molecular weight excluding hydrogens is 369 g/mol. The quantitative estimate of drug-likeness (QED) is 0.755. The summed E-state index contributed by atoms with van der Waals surface area (Å²) in [5.41, 5.74) is 13.2. The second-order valence-corrected chi connectivity index (χ2v) is 9.44. The third-order valence-corrected chi connectivity index (χ3v) is 6.39. The second kappa shape index (κ2) is 8.56. The van der Waals surface area contributed by atoms with E-state index in [4.69, 9.17) is 16.2 Å². The molecule has 0 radical (unpaired) electrons. The normalized spacial score (nSPS) is 30.1. The van der Waals surface area contributed by atoms with Crippen molar-refractivity contribution in [2.75, 3.05) is 24.7 Å². The number of halogens is 1. The first-order chi connectivity index (χ1) is 13.6. The molecule has 4 atom stereocenters. The maximum absolute atomic E-state index is 13.0. The summed E-state index contributed by atoms with van der Waals surface area (Å²) < 4.78 is 19.0. The molecule has 7 heteroatoms. The van der Waals surface area contributed by atoms with Crippen LogP contribution in [0.2, 0.25) is 0 Å². The predicted molar refractivity (Wildman–Crippen MR) is 114 cm³/mol. The Labute approximate surface area is 173 Å². The van der Waals surface area contributed by atoms with Gasteiger partial charge in [-0.2, -0.15) is 0 Å². The van der Waals surface area contributed by atoms with Crippen LogP contribution in [0.15, 0.2) is 24.2 Å². The number of nitrogens with two attached hydrogens (primary N) is 2. The topological polar surface area (TPSA) is 90.3 Å². The summed E-state index contributed by atoms with van der Waals surface area (Å²) in [7, 11) is 0. The fourth-order valence-corrected chi connectivity index (χ4v) is 4.75. The summed E-state index contributed by atoms with van der Waals surface area (Å²) in [6, 6.07) is 1.96.